The third-order valence-corrected chi connectivity index (χ3v) is 3.79. The van der Waals surface area contributed by atoms with Crippen LogP contribution in [-0.4, -0.2) is 21.0 Å². The van der Waals surface area contributed by atoms with E-state index < -0.39 is 0 Å². The molecule has 0 aliphatic heterocycles. The fourth-order valence-corrected chi connectivity index (χ4v) is 2.69. The van der Waals surface area contributed by atoms with Crippen LogP contribution in [0.5, 0.6) is 0 Å². The van der Waals surface area contributed by atoms with Gasteiger partial charge in [0, 0.05) is 15.7 Å². The number of imidazole rings is 1. The van der Waals surface area contributed by atoms with Gasteiger partial charge in [-0.05, 0) is 48.6 Å². The van der Waals surface area contributed by atoms with Crippen molar-refractivity contribution in [1.82, 2.24) is 15.3 Å². The minimum absolute atomic E-state index is 0.173. The summed E-state index contributed by atoms with van der Waals surface area (Å²) >= 11 is 8.45. The van der Waals surface area contributed by atoms with Gasteiger partial charge >= 0.3 is 5.69 Å². The Morgan fingerprint density at radius 3 is 2.65 bits per heavy atom. The number of amides is 1. The molecule has 0 atom stereocenters. The molecule has 0 aliphatic rings. The second-order valence-corrected chi connectivity index (χ2v) is 6.08. The molecule has 0 radical (unpaired) electrons. The molecule has 0 fully saturated rings. The maximum absolute atomic E-state index is 12.1. The van der Waals surface area contributed by atoms with E-state index in [9.17, 15) is 9.59 Å². The molecule has 1 aromatic heterocycles. The third kappa shape index (κ3) is 3.66. The Kier molecular flexibility index (Phi) is 4.26. The van der Waals surface area contributed by atoms with E-state index >= 15 is 0 Å². The number of fused-ring (bicyclic) bond motifs is 1. The SMILES string of the molecule is O=C(NC(=S)Nc1ccc2[nH]c(=O)[nH]c2c1)c1cccc(Br)c1. The Labute approximate surface area is 144 Å². The van der Waals surface area contributed by atoms with Crippen molar-refractivity contribution in [3.8, 4) is 0 Å². The Balaban J connectivity index is 1.70. The van der Waals surface area contributed by atoms with Gasteiger partial charge in [0.05, 0.1) is 11.0 Å². The number of rotatable bonds is 2. The topological polar surface area (TPSA) is 89.8 Å². The largest absolute Gasteiger partial charge is 0.332 e. The van der Waals surface area contributed by atoms with Crippen LogP contribution in [0, 0.1) is 0 Å². The number of aromatic amines is 2. The first kappa shape index (κ1) is 15.4. The van der Waals surface area contributed by atoms with Crippen LogP contribution in [0.4, 0.5) is 5.69 Å². The number of benzene rings is 2. The van der Waals surface area contributed by atoms with Crippen molar-refractivity contribution in [2.45, 2.75) is 0 Å². The van der Waals surface area contributed by atoms with Crippen molar-refractivity contribution in [2.24, 2.45) is 0 Å². The predicted octanol–water partition coefficient (Wildman–Crippen LogP) is 2.75. The van der Waals surface area contributed by atoms with Gasteiger partial charge in [-0.1, -0.05) is 22.0 Å². The quantitative estimate of drug-likeness (QED) is 0.506. The summed E-state index contributed by atoms with van der Waals surface area (Å²) in [5.74, 6) is -0.306. The Morgan fingerprint density at radius 2 is 1.87 bits per heavy atom. The van der Waals surface area contributed by atoms with E-state index in [1.807, 2.05) is 6.07 Å². The van der Waals surface area contributed by atoms with Crippen LogP contribution in [0.25, 0.3) is 11.0 Å². The molecule has 0 aliphatic carbocycles. The first-order valence-electron chi connectivity index (χ1n) is 6.61. The van der Waals surface area contributed by atoms with Crippen LogP contribution in [0.1, 0.15) is 10.4 Å². The Morgan fingerprint density at radius 1 is 1.09 bits per heavy atom. The maximum Gasteiger partial charge on any atom is 0.323 e. The highest BCUT2D eigenvalue weighted by Crippen LogP contribution is 2.15. The molecular weight excluding hydrogens is 380 g/mol. The number of hydrogen-bond acceptors (Lipinski definition) is 3. The molecule has 0 unspecified atom stereocenters. The van der Waals surface area contributed by atoms with Crippen LogP contribution in [-0.2, 0) is 0 Å². The van der Waals surface area contributed by atoms with Gasteiger partial charge in [-0.2, -0.15) is 0 Å². The first-order chi connectivity index (χ1) is 11.0. The molecule has 0 saturated heterocycles. The van der Waals surface area contributed by atoms with E-state index in [-0.39, 0.29) is 16.7 Å². The highest BCUT2D eigenvalue weighted by atomic mass is 79.9. The van der Waals surface area contributed by atoms with E-state index in [2.05, 4.69) is 36.5 Å². The normalized spacial score (nSPS) is 10.5. The number of H-pyrrole nitrogens is 2. The average molecular weight is 391 g/mol. The maximum atomic E-state index is 12.1. The minimum atomic E-state index is -0.306. The van der Waals surface area contributed by atoms with Gasteiger partial charge in [-0.15, -0.1) is 0 Å². The van der Waals surface area contributed by atoms with Gasteiger partial charge in [0.1, 0.15) is 0 Å². The molecule has 3 rings (SSSR count). The van der Waals surface area contributed by atoms with Crippen molar-refractivity contribution < 1.29 is 4.79 Å². The van der Waals surface area contributed by atoms with Crippen molar-refractivity contribution >= 4 is 55.9 Å². The lowest BCUT2D eigenvalue weighted by molar-refractivity contribution is 0.0977. The van der Waals surface area contributed by atoms with Gasteiger partial charge in [0.15, 0.2) is 5.11 Å². The van der Waals surface area contributed by atoms with Gasteiger partial charge in [0.25, 0.3) is 5.91 Å². The van der Waals surface area contributed by atoms with E-state index in [4.69, 9.17) is 12.2 Å². The molecule has 23 heavy (non-hydrogen) atoms. The number of nitrogens with one attached hydrogen (secondary N) is 4. The van der Waals surface area contributed by atoms with Crippen LogP contribution in [0.3, 0.4) is 0 Å². The fourth-order valence-electron chi connectivity index (χ4n) is 2.08. The molecule has 6 nitrogen and oxygen atoms in total. The summed E-state index contributed by atoms with van der Waals surface area (Å²) in [4.78, 5) is 28.6. The van der Waals surface area contributed by atoms with Crippen molar-refractivity contribution in [2.75, 3.05) is 5.32 Å². The molecule has 8 heteroatoms. The second kappa shape index (κ2) is 6.35. The van der Waals surface area contributed by atoms with E-state index in [0.717, 1.165) is 4.47 Å². The average Bonchev–Trinajstić information content (AvgIpc) is 2.86. The highest BCUT2D eigenvalue weighted by molar-refractivity contribution is 9.10. The van der Waals surface area contributed by atoms with Gasteiger partial charge in [-0.25, -0.2) is 4.79 Å². The lowest BCUT2D eigenvalue weighted by Gasteiger charge is -2.09. The summed E-state index contributed by atoms with van der Waals surface area (Å²) in [6.07, 6.45) is 0. The predicted molar refractivity (Wildman–Crippen MR) is 96.7 cm³/mol. The second-order valence-electron chi connectivity index (χ2n) is 4.76. The zero-order valence-corrected chi connectivity index (χ0v) is 14.0. The minimum Gasteiger partial charge on any atom is -0.332 e. The van der Waals surface area contributed by atoms with Crippen LogP contribution < -0.4 is 16.3 Å². The monoisotopic (exact) mass is 390 g/mol. The van der Waals surface area contributed by atoms with E-state index in [1.54, 1.807) is 36.4 Å². The molecule has 0 spiro atoms. The molecule has 2 aromatic carbocycles. The summed E-state index contributed by atoms with van der Waals surface area (Å²) in [6.45, 7) is 0. The van der Waals surface area contributed by atoms with Gasteiger partial charge in [-0.3, -0.25) is 10.1 Å². The number of carbonyl (C=O) groups excluding carboxylic acids is 1. The molecule has 1 amide bonds. The van der Waals surface area contributed by atoms with Crippen LogP contribution >= 0.6 is 28.1 Å². The third-order valence-electron chi connectivity index (χ3n) is 3.09. The summed E-state index contributed by atoms with van der Waals surface area (Å²) < 4.78 is 0.811. The van der Waals surface area contributed by atoms with E-state index in [1.165, 1.54) is 0 Å². The lowest BCUT2D eigenvalue weighted by Crippen LogP contribution is -2.34. The number of anilines is 1. The van der Waals surface area contributed by atoms with Crippen molar-refractivity contribution in [3.63, 3.8) is 0 Å². The van der Waals surface area contributed by atoms with Gasteiger partial charge in [0.2, 0.25) is 0 Å². The summed E-state index contributed by atoms with van der Waals surface area (Å²) in [5.41, 5.74) is 2.23. The van der Waals surface area contributed by atoms with Crippen molar-refractivity contribution in [3.05, 3.63) is 63.0 Å². The molecule has 4 N–H and O–H groups in total. The van der Waals surface area contributed by atoms with Gasteiger partial charge < -0.3 is 15.3 Å². The zero-order valence-electron chi connectivity index (χ0n) is 11.6. The Hall–Kier alpha value is -2.45. The van der Waals surface area contributed by atoms with E-state index in [0.29, 0.717) is 22.3 Å². The summed E-state index contributed by atoms with van der Waals surface area (Å²) in [5, 5.41) is 5.69. The zero-order chi connectivity index (χ0) is 16.4. The summed E-state index contributed by atoms with van der Waals surface area (Å²) in [6, 6.07) is 12.2. The van der Waals surface area contributed by atoms with Crippen LogP contribution in [0.2, 0.25) is 0 Å². The molecule has 0 saturated carbocycles. The highest BCUT2D eigenvalue weighted by Gasteiger charge is 2.08. The van der Waals surface area contributed by atoms with Crippen LogP contribution in [0.15, 0.2) is 51.7 Å². The Bertz CT molecular complexity index is 963. The molecule has 3 aromatic rings. The molecule has 1 heterocycles. The number of carbonyl (C=O) groups is 1. The first-order valence-corrected chi connectivity index (χ1v) is 7.81. The fraction of sp³-hybridized carbons (Fsp3) is 0. The number of aromatic nitrogens is 2. The standard InChI is InChI=1S/C15H11BrN4O2S/c16-9-3-1-2-8(6-9)13(21)20-15(23)17-10-4-5-11-12(7-10)19-14(22)18-11/h1-7H,(H2,18,19,22)(H2,17,20,21,23). The summed E-state index contributed by atoms with van der Waals surface area (Å²) in [7, 11) is 0. The van der Waals surface area contributed by atoms with Crippen molar-refractivity contribution in [1.29, 1.82) is 0 Å². The molecule has 116 valence electrons. The number of halogens is 1. The number of hydrogen-bond donors (Lipinski definition) is 4. The lowest BCUT2D eigenvalue weighted by atomic mass is 10.2. The smallest absolute Gasteiger partial charge is 0.323 e. The number of thiocarbonyl (C=S) groups is 1. The molecule has 0 bridgehead atoms. The molecular formula is C15H11BrN4O2S.